The zero-order valence-corrected chi connectivity index (χ0v) is 8.03. The van der Waals surface area contributed by atoms with Crippen LogP contribution in [0, 0.1) is 11.3 Å². The molecule has 1 aromatic rings. The molecule has 0 saturated carbocycles. The Kier molecular flexibility index (Phi) is 1.94. The van der Waals surface area contributed by atoms with Gasteiger partial charge < -0.3 is 10.5 Å². The third-order valence-corrected chi connectivity index (χ3v) is 2.56. The first-order valence-electron chi connectivity index (χ1n) is 4.58. The van der Waals surface area contributed by atoms with Gasteiger partial charge in [-0.1, -0.05) is 18.2 Å². The first-order chi connectivity index (χ1) is 6.63. The monoisotopic (exact) mass is 188 g/mol. The van der Waals surface area contributed by atoms with Crippen molar-refractivity contribution in [3.05, 3.63) is 29.8 Å². The largest absolute Gasteiger partial charge is 0.487 e. The average Bonchev–Trinajstić information content (AvgIpc) is 2.61. The van der Waals surface area contributed by atoms with Gasteiger partial charge >= 0.3 is 0 Å². The van der Waals surface area contributed by atoms with Crippen molar-refractivity contribution in [2.75, 3.05) is 0 Å². The van der Waals surface area contributed by atoms with Gasteiger partial charge in [-0.15, -0.1) is 0 Å². The first-order valence-corrected chi connectivity index (χ1v) is 4.58. The molecule has 1 heterocycles. The lowest BCUT2D eigenvalue weighted by molar-refractivity contribution is 0.174. The second-order valence-electron chi connectivity index (χ2n) is 3.81. The highest BCUT2D eigenvalue weighted by atomic mass is 16.5. The van der Waals surface area contributed by atoms with Crippen molar-refractivity contribution in [3.63, 3.8) is 0 Å². The Morgan fingerprint density at radius 2 is 2.29 bits per heavy atom. The van der Waals surface area contributed by atoms with Crippen LogP contribution in [-0.2, 0) is 6.42 Å². The molecular formula is C11H12N2O. The fourth-order valence-corrected chi connectivity index (χ4v) is 1.59. The van der Waals surface area contributed by atoms with E-state index in [2.05, 4.69) is 6.07 Å². The summed E-state index contributed by atoms with van der Waals surface area (Å²) in [4.78, 5) is 0. The molecular weight excluding hydrogens is 176 g/mol. The molecule has 0 aliphatic carbocycles. The van der Waals surface area contributed by atoms with Crippen LogP contribution in [0.4, 0.5) is 0 Å². The Morgan fingerprint density at radius 3 is 2.93 bits per heavy atom. The van der Waals surface area contributed by atoms with Crippen molar-refractivity contribution in [1.82, 2.24) is 0 Å². The highest BCUT2D eigenvalue weighted by molar-refractivity contribution is 5.39. The van der Waals surface area contributed by atoms with Crippen LogP contribution >= 0.6 is 0 Å². The van der Waals surface area contributed by atoms with Crippen LogP contribution in [0.3, 0.4) is 0 Å². The zero-order valence-electron chi connectivity index (χ0n) is 8.03. The van der Waals surface area contributed by atoms with Gasteiger partial charge in [0.1, 0.15) is 17.4 Å². The highest BCUT2D eigenvalue weighted by Crippen LogP contribution is 2.31. The molecule has 0 bridgehead atoms. The summed E-state index contributed by atoms with van der Waals surface area (Å²) in [5.74, 6) is 0.851. The molecule has 14 heavy (non-hydrogen) atoms. The molecule has 0 radical (unpaired) electrons. The number of ether oxygens (including phenoxy) is 1. The lowest BCUT2D eigenvalue weighted by atomic mass is 9.94. The van der Waals surface area contributed by atoms with Gasteiger partial charge in [-0.2, -0.15) is 5.26 Å². The Balaban J connectivity index is 2.25. The molecule has 2 unspecified atom stereocenters. The molecule has 2 N–H and O–H groups in total. The summed E-state index contributed by atoms with van der Waals surface area (Å²) in [5.41, 5.74) is 6.03. The van der Waals surface area contributed by atoms with Gasteiger partial charge in [0.05, 0.1) is 6.07 Å². The molecule has 0 amide bonds. The van der Waals surface area contributed by atoms with E-state index in [0.29, 0.717) is 0 Å². The lowest BCUT2D eigenvalue weighted by Crippen LogP contribution is -2.49. The van der Waals surface area contributed by atoms with Gasteiger partial charge in [0, 0.05) is 6.42 Å². The number of para-hydroxylation sites is 1. The van der Waals surface area contributed by atoms with Crippen molar-refractivity contribution in [2.45, 2.75) is 25.0 Å². The van der Waals surface area contributed by atoms with Crippen molar-refractivity contribution < 1.29 is 4.74 Å². The van der Waals surface area contributed by atoms with Gasteiger partial charge in [-0.25, -0.2) is 0 Å². The summed E-state index contributed by atoms with van der Waals surface area (Å²) < 4.78 is 5.62. The van der Waals surface area contributed by atoms with E-state index in [-0.39, 0.29) is 6.10 Å². The molecule has 72 valence electrons. The van der Waals surface area contributed by atoms with Crippen LogP contribution in [0.1, 0.15) is 12.5 Å². The number of nitriles is 1. The molecule has 3 heteroatoms. The molecule has 0 fully saturated rings. The van der Waals surface area contributed by atoms with Crippen LogP contribution in [0.2, 0.25) is 0 Å². The van der Waals surface area contributed by atoms with E-state index in [9.17, 15) is 0 Å². The van der Waals surface area contributed by atoms with Crippen molar-refractivity contribution in [1.29, 1.82) is 5.26 Å². The number of fused-ring (bicyclic) bond motifs is 1. The summed E-state index contributed by atoms with van der Waals surface area (Å²) in [7, 11) is 0. The lowest BCUT2D eigenvalue weighted by Gasteiger charge is -2.22. The summed E-state index contributed by atoms with van der Waals surface area (Å²) in [5, 5.41) is 8.88. The third kappa shape index (κ3) is 1.34. The maximum absolute atomic E-state index is 8.88. The van der Waals surface area contributed by atoms with E-state index in [4.69, 9.17) is 15.7 Å². The summed E-state index contributed by atoms with van der Waals surface area (Å²) in [6.07, 6.45) is 0.487. The third-order valence-electron chi connectivity index (χ3n) is 2.56. The van der Waals surface area contributed by atoms with E-state index in [1.165, 1.54) is 0 Å². The summed E-state index contributed by atoms with van der Waals surface area (Å²) in [6.45, 7) is 1.70. The number of nitrogens with zero attached hydrogens (tertiary/aromatic N) is 1. The standard InChI is InChI=1S/C11H12N2O/c1-11(13,7-12)10-6-8-4-2-3-5-9(8)14-10/h2-5,10H,6,13H2,1H3. The van der Waals surface area contributed by atoms with E-state index in [0.717, 1.165) is 17.7 Å². The Morgan fingerprint density at radius 1 is 1.57 bits per heavy atom. The van der Waals surface area contributed by atoms with E-state index in [1.807, 2.05) is 24.3 Å². The second-order valence-corrected chi connectivity index (χ2v) is 3.81. The molecule has 1 aromatic carbocycles. The van der Waals surface area contributed by atoms with Crippen LogP contribution in [0.5, 0.6) is 5.75 Å². The average molecular weight is 188 g/mol. The fourth-order valence-electron chi connectivity index (χ4n) is 1.59. The van der Waals surface area contributed by atoms with E-state index < -0.39 is 5.54 Å². The van der Waals surface area contributed by atoms with Crippen LogP contribution < -0.4 is 10.5 Å². The Labute approximate surface area is 83.1 Å². The molecule has 0 spiro atoms. The van der Waals surface area contributed by atoms with Crippen LogP contribution in [0.15, 0.2) is 24.3 Å². The van der Waals surface area contributed by atoms with Gasteiger partial charge in [0.25, 0.3) is 0 Å². The Hall–Kier alpha value is -1.53. The van der Waals surface area contributed by atoms with Crippen LogP contribution in [0.25, 0.3) is 0 Å². The molecule has 0 aromatic heterocycles. The maximum atomic E-state index is 8.88. The molecule has 2 atom stereocenters. The number of hydrogen-bond acceptors (Lipinski definition) is 3. The fraction of sp³-hybridized carbons (Fsp3) is 0.364. The maximum Gasteiger partial charge on any atom is 0.138 e. The van der Waals surface area contributed by atoms with Crippen molar-refractivity contribution in [3.8, 4) is 11.8 Å². The summed E-state index contributed by atoms with van der Waals surface area (Å²) in [6, 6.07) is 9.86. The van der Waals surface area contributed by atoms with E-state index in [1.54, 1.807) is 6.92 Å². The minimum Gasteiger partial charge on any atom is -0.487 e. The van der Waals surface area contributed by atoms with Crippen LogP contribution in [-0.4, -0.2) is 11.6 Å². The summed E-state index contributed by atoms with van der Waals surface area (Å²) >= 11 is 0. The normalized spacial score (nSPS) is 23.1. The number of nitrogens with two attached hydrogens (primary N) is 1. The van der Waals surface area contributed by atoms with Gasteiger partial charge in [-0.05, 0) is 18.6 Å². The number of rotatable bonds is 1. The second kappa shape index (κ2) is 3.00. The predicted molar refractivity (Wildman–Crippen MR) is 52.8 cm³/mol. The smallest absolute Gasteiger partial charge is 0.138 e. The Bertz CT molecular complexity index is 368. The first kappa shape index (κ1) is 9.04. The molecule has 1 aliphatic heterocycles. The van der Waals surface area contributed by atoms with Gasteiger partial charge in [0.2, 0.25) is 0 Å². The number of benzene rings is 1. The van der Waals surface area contributed by atoms with Gasteiger partial charge in [-0.3, -0.25) is 0 Å². The minimum absolute atomic E-state index is 0.232. The zero-order chi connectivity index (χ0) is 10.2. The quantitative estimate of drug-likeness (QED) is 0.721. The topological polar surface area (TPSA) is 59.0 Å². The van der Waals surface area contributed by atoms with Gasteiger partial charge in [0.15, 0.2) is 0 Å². The minimum atomic E-state index is -0.918. The van der Waals surface area contributed by atoms with Crippen molar-refractivity contribution >= 4 is 0 Å². The SMILES string of the molecule is CC(N)(C#N)C1Cc2ccccc2O1. The molecule has 3 nitrogen and oxygen atoms in total. The molecule has 1 aliphatic rings. The predicted octanol–water partition coefficient (Wildman–Crippen LogP) is 1.23. The van der Waals surface area contributed by atoms with E-state index >= 15 is 0 Å². The molecule has 0 saturated heterocycles. The molecule has 2 rings (SSSR count). The van der Waals surface area contributed by atoms with Crippen molar-refractivity contribution in [2.24, 2.45) is 5.73 Å². The highest BCUT2D eigenvalue weighted by Gasteiger charge is 2.36. The number of hydrogen-bond donors (Lipinski definition) is 1.